The van der Waals surface area contributed by atoms with E-state index in [2.05, 4.69) is 0 Å². The molecule has 0 atom stereocenters. The van der Waals surface area contributed by atoms with Gasteiger partial charge in [0.2, 0.25) is 0 Å². The molecule has 0 aromatic rings. The van der Waals surface area contributed by atoms with Gasteiger partial charge >= 0.3 is 28.4 Å². The van der Waals surface area contributed by atoms with Gasteiger partial charge in [-0.2, -0.15) is 26.3 Å². The molecule has 0 aliphatic rings. The second-order valence-electron chi connectivity index (χ2n) is 1.80. The van der Waals surface area contributed by atoms with Crippen molar-refractivity contribution in [1.82, 2.24) is 0 Å². The minimum Gasteiger partial charge on any atom is -0.741 e. The third-order valence-corrected chi connectivity index (χ3v) is 1.70. The summed E-state index contributed by atoms with van der Waals surface area (Å²) in [6.07, 6.45) is 0. The molecule has 0 aliphatic heterocycles. The van der Waals surface area contributed by atoms with Crippen molar-refractivity contribution in [2.45, 2.75) is 11.0 Å². The minimum atomic E-state index is -6.09. The molecule has 0 aliphatic carbocycles. The maximum absolute atomic E-state index is 10.7. The van der Waals surface area contributed by atoms with Crippen LogP contribution in [0.2, 0.25) is 0 Å². The zero-order valence-corrected chi connectivity index (χ0v) is 9.90. The Hall–Kier alpha value is -0.0675. The monoisotopic (exact) mass is 325 g/mol. The fourth-order valence-electron chi connectivity index (χ4n) is 0. The molecule has 0 rings (SSSR count). The molecule has 0 saturated carbocycles. The molecule has 0 saturated heterocycles. The summed E-state index contributed by atoms with van der Waals surface area (Å²) in [6, 6.07) is 0. The number of rotatable bonds is 0. The van der Waals surface area contributed by atoms with Gasteiger partial charge in [0, 0.05) is 0 Å². The summed E-state index contributed by atoms with van der Waals surface area (Å²) in [5.74, 6) is 0. The van der Waals surface area contributed by atoms with Gasteiger partial charge in [-0.3, -0.25) is 0 Å². The van der Waals surface area contributed by atoms with Crippen molar-refractivity contribution in [2.75, 3.05) is 0 Å². The molecule has 0 spiro atoms. The van der Waals surface area contributed by atoms with Gasteiger partial charge in [0.05, 0.1) is 0 Å². The van der Waals surface area contributed by atoms with Crippen LogP contribution in [0.1, 0.15) is 0 Å². The molecule has 101 valence electrons. The fraction of sp³-hybridized carbons (Fsp3) is 1.00. The first-order chi connectivity index (χ1) is 6.50. The van der Waals surface area contributed by atoms with Gasteiger partial charge in [-0.05, 0) is 0 Å². The first-order valence-corrected chi connectivity index (χ1v) is 5.36. The topological polar surface area (TPSA) is 114 Å². The van der Waals surface area contributed by atoms with Crippen LogP contribution in [-0.2, 0) is 20.2 Å². The SMILES string of the molecule is O=S(=O)([O-])C(F)(F)F.O=S(=O)([O-])C(F)(F)F.[Al+2]. The van der Waals surface area contributed by atoms with Gasteiger partial charge in [-0.25, -0.2) is 16.8 Å². The Balaban J connectivity index is -0.000000218. The van der Waals surface area contributed by atoms with Crippen LogP contribution < -0.4 is 0 Å². The molecule has 0 aromatic carbocycles. The second-order valence-corrected chi connectivity index (χ2v) is 4.54. The third kappa shape index (κ3) is 9.62. The number of hydrogen-bond acceptors (Lipinski definition) is 6. The first-order valence-electron chi connectivity index (χ1n) is 2.54. The van der Waals surface area contributed by atoms with Crippen molar-refractivity contribution in [2.24, 2.45) is 0 Å². The van der Waals surface area contributed by atoms with Crippen molar-refractivity contribution < 1.29 is 52.3 Å². The van der Waals surface area contributed by atoms with Crippen LogP contribution in [0, 0.1) is 0 Å². The molecule has 0 aromatic heterocycles. The van der Waals surface area contributed by atoms with Gasteiger partial charge in [0.25, 0.3) is 0 Å². The van der Waals surface area contributed by atoms with E-state index in [0.717, 1.165) is 0 Å². The van der Waals surface area contributed by atoms with Crippen LogP contribution in [0.3, 0.4) is 0 Å². The van der Waals surface area contributed by atoms with E-state index in [1.165, 1.54) is 0 Å². The van der Waals surface area contributed by atoms with E-state index in [4.69, 9.17) is 25.9 Å². The second kappa shape index (κ2) is 6.20. The molecule has 0 unspecified atom stereocenters. The van der Waals surface area contributed by atoms with E-state index < -0.39 is 31.3 Å². The summed E-state index contributed by atoms with van der Waals surface area (Å²) in [4.78, 5) is 0. The van der Waals surface area contributed by atoms with Crippen molar-refractivity contribution in [3.8, 4) is 0 Å². The molecule has 0 heterocycles. The predicted octanol–water partition coefficient (Wildman–Crippen LogP) is -0.278. The van der Waals surface area contributed by atoms with Crippen molar-refractivity contribution in [3.05, 3.63) is 0 Å². The van der Waals surface area contributed by atoms with E-state index in [9.17, 15) is 26.3 Å². The van der Waals surface area contributed by atoms with Crippen LogP contribution in [-0.4, -0.2) is 54.3 Å². The summed E-state index contributed by atoms with van der Waals surface area (Å²) < 4.78 is 118. The van der Waals surface area contributed by atoms with Crippen LogP contribution in [0.25, 0.3) is 0 Å². The summed E-state index contributed by atoms with van der Waals surface area (Å²) in [7, 11) is -12.2. The Bertz CT molecular complexity index is 374. The van der Waals surface area contributed by atoms with E-state index >= 15 is 0 Å². The van der Waals surface area contributed by atoms with Crippen LogP contribution in [0.4, 0.5) is 26.3 Å². The zero-order valence-electron chi connectivity index (χ0n) is 7.11. The van der Waals surface area contributed by atoms with Gasteiger partial charge in [-0.15, -0.1) is 0 Å². The summed E-state index contributed by atoms with van der Waals surface area (Å²) in [6.45, 7) is 0. The molecule has 15 heteroatoms. The molecular weight excluding hydrogens is 325 g/mol. The largest absolute Gasteiger partial charge is 2.00 e. The van der Waals surface area contributed by atoms with Crippen LogP contribution in [0.5, 0.6) is 0 Å². The molecule has 17 heavy (non-hydrogen) atoms. The Morgan fingerprint density at radius 2 is 0.706 bits per heavy atom. The van der Waals surface area contributed by atoms with E-state index in [1.807, 2.05) is 0 Å². The quantitative estimate of drug-likeness (QED) is 0.262. The smallest absolute Gasteiger partial charge is 0.741 e. The number of alkyl halides is 6. The van der Waals surface area contributed by atoms with Gasteiger partial charge in [-0.1, -0.05) is 0 Å². The van der Waals surface area contributed by atoms with E-state index in [0.29, 0.717) is 0 Å². The molecule has 0 N–H and O–H groups in total. The predicted molar refractivity (Wildman–Crippen MR) is 37.3 cm³/mol. The average molecular weight is 325 g/mol. The normalized spacial score (nSPS) is 13.2. The van der Waals surface area contributed by atoms with E-state index in [1.54, 1.807) is 0 Å². The standard InChI is InChI=1S/2CHF3O3S.Al/c2*2-1(3,4)8(5,6)7;/h2*(H,5,6,7);/q;;+2/p-2. The molecule has 6 nitrogen and oxygen atoms in total. The summed E-state index contributed by atoms with van der Waals surface area (Å²) in [5, 5.41) is 0. The zero-order chi connectivity index (χ0) is 14.0. The Kier molecular flexibility index (Phi) is 8.08. The first kappa shape index (κ1) is 22.1. The number of hydrogen-bond donors (Lipinski definition) is 0. The van der Waals surface area contributed by atoms with Crippen molar-refractivity contribution in [1.29, 1.82) is 0 Å². The molecule has 1 radical (unpaired) electrons. The third-order valence-electron chi connectivity index (χ3n) is 0.567. The molecule has 0 fully saturated rings. The maximum Gasteiger partial charge on any atom is 2.00 e. The van der Waals surface area contributed by atoms with Crippen molar-refractivity contribution in [3.63, 3.8) is 0 Å². The molecule has 0 bridgehead atoms. The Morgan fingerprint density at radius 3 is 0.706 bits per heavy atom. The molecule has 0 amide bonds. The maximum atomic E-state index is 10.7. The van der Waals surface area contributed by atoms with Crippen LogP contribution in [0.15, 0.2) is 0 Å². The Morgan fingerprint density at radius 1 is 0.647 bits per heavy atom. The van der Waals surface area contributed by atoms with Gasteiger partial charge in [0.1, 0.15) is 0 Å². The van der Waals surface area contributed by atoms with Crippen molar-refractivity contribution >= 4 is 37.6 Å². The summed E-state index contributed by atoms with van der Waals surface area (Å²) in [5.41, 5.74) is -11.3. The average Bonchev–Trinajstić information content (AvgIpc) is 1.77. The Labute approximate surface area is 101 Å². The van der Waals surface area contributed by atoms with Gasteiger partial charge in [0.15, 0.2) is 20.2 Å². The minimum absolute atomic E-state index is 0. The molecular formula is C2AlF6O6S2. The summed E-state index contributed by atoms with van der Waals surface area (Å²) >= 11 is 0. The van der Waals surface area contributed by atoms with Crippen LogP contribution >= 0.6 is 0 Å². The number of halogens is 6. The fourth-order valence-corrected chi connectivity index (χ4v) is 0. The van der Waals surface area contributed by atoms with Gasteiger partial charge < -0.3 is 9.11 Å². The van der Waals surface area contributed by atoms with E-state index in [-0.39, 0.29) is 17.4 Å².